The molecule has 0 saturated heterocycles. The van der Waals surface area contributed by atoms with Crippen LogP contribution in [-0.2, 0) is 19.4 Å². The molecule has 162 valence electrons. The Morgan fingerprint density at radius 1 is 1.17 bits per heavy atom. The summed E-state index contributed by atoms with van der Waals surface area (Å²) in [5.41, 5.74) is -0.209. The number of esters is 1. The average Bonchev–Trinajstić information content (AvgIpc) is 2.61. The van der Waals surface area contributed by atoms with Gasteiger partial charge in [-0.15, -0.1) is 0 Å². The summed E-state index contributed by atoms with van der Waals surface area (Å²) in [6.07, 6.45) is 0.724. The number of nitrogens with one attached hydrogen (secondary N) is 1. The van der Waals surface area contributed by atoms with Gasteiger partial charge in [-0.2, -0.15) is 0 Å². The number of rotatable bonds is 8. The van der Waals surface area contributed by atoms with Gasteiger partial charge in [-0.3, -0.25) is 10.1 Å². The van der Waals surface area contributed by atoms with Crippen LogP contribution in [0.3, 0.4) is 0 Å². The number of sulfone groups is 1. The second-order valence-electron chi connectivity index (χ2n) is 6.75. The monoisotopic (exact) mass is 456 g/mol. The number of carbonyl (C=O) groups excluding carboxylic acids is 1. The summed E-state index contributed by atoms with van der Waals surface area (Å²) in [5.74, 6) is -0.206. The first-order chi connectivity index (χ1) is 13.9. The van der Waals surface area contributed by atoms with Gasteiger partial charge in [0.25, 0.3) is 5.69 Å². The Morgan fingerprint density at radius 2 is 1.83 bits per heavy atom. The zero-order valence-corrected chi connectivity index (χ0v) is 18.3. The number of carbonyl (C=O) groups is 1. The molecule has 0 saturated carbocycles. The number of hydrogen-bond donors (Lipinski definition) is 1. The lowest BCUT2D eigenvalue weighted by molar-refractivity contribution is -0.384. The van der Waals surface area contributed by atoms with Crippen molar-refractivity contribution in [1.29, 1.82) is 0 Å². The largest absolute Gasteiger partial charge is 0.461 e. The molecule has 0 aliphatic carbocycles. The molecule has 0 bridgehead atoms. The number of benzene rings is 2. The maximum absolute atomic E-state index is 12.0. The summed E-state index contributed by atoms with van der Waals surface area (Å²) >= 11 is 6.11. The molecule has 2 aromatic rings. The Morgan fingerprint density at radius 3 is 2.37 bits per heavy atom. The van der Waals surface area contributed by atoms with Crippen molar-refractivity contribution in [3.8, 4) is 11.5 Å². The molecule has 1 atom stereocenters. The molecule has 0 aliphatic rings. The maximum Gasteiger partial charge on any atom is 0.328 e. The molecule has 11 heteroatoms. The Bertz CT molecular complexity index is 1070. The lowest BCUT2D eigenvalue weighted by atomic mass is 10.2. The third kappa shape index (κ3) is 6.07. The second kappa shape index (κ2) is 9.31. The van der Waals surface area contributed by atoms with E-state index in [1.165, 1.54) is 43.3 Å². The van der Waals surface area contributed by atoms with Crippen LogP contribution in [0.15, 0.2) is 41.3 Å². The number of nitro groups is 1. The first kappa shape index (κ1) is 23.4. The Labute approximate surface area is 179 Å². The van der Waals surface area contributed by atoms with E-state index in [2.05, 4.69) is 5.32 Å². The molecule has 0 amide bonds. The average molecular weight is 457 g/mol. The summed E-state index contributed by atoms with van der Waals surface area (Å²) in [7, 11) is -3.44. The summed E-state index contributed by atoms with van der Waals surface area (Å²) in [6, 6.07) is 7.05. The van der Waals surface area contributed by atoms with Gasteiger partial charge in [0.2, 0.25) is 0 Å². The Balaban J connectivity index is 2.32. The van der Waals surface area contributed by atoms with Crippen LogP contribution >= 0.6 is 11.6 Å². The van der Waals surface area contributed by atoms with Gasteiger partial charge in [-0.1, -0.05) is 11.6 Å². The van der Waals surface area contributed by atoms with E-state index in [0.717, 1.165) is 6.26 Å². The zero-order valence-electron chi connectivity index (χ0n) is 16.7. The van der Waals surface area contributed by atoms with Gasteiger partial charge in [-0.25, -0.2) is 13.2 Å². The minimum Gasteiger partial charge on any atom is -0.461 e. The third-order valence-corrected chi connectivity index (χ3v) is 5.21. The molecule has 1 N–H and O–H groups in total. The van der Waals surface area contributed by atoms with Crippen molar-refractivity contribution >= 4 is 38.8 Å². The van der Waals surface area contributed by atoms with Crippen LogP contribution in [0.1, 0.15) is 20.8 Å². The normalized spacial score (nSPS) is 12.3. The standard InChI is InChI=1S/C19H21ClN2O7S/c1-11(2)28-19(23)12(3)21-16-9-13(5-7-17(16)22(24)25)29-18-8-6-14(10-15(18)20)30(4,26)27/h5-12,21H,1-4H3. The second-order valence-corrected chi connectivity index (χ2v) is 9.18. The summed E-state index contributed by atoms with van der Waals surface area (Å²) in [4.78, 5) is 22.8. The number of ether oxygens (including phenoxy) is 2. The van der Waals surface area contributed by atoms with Crippen molar-refractivity contribution in [3.05, 3.63) is 51.5 Å². The Kier molecular flexibility index (Phi) is 7.27. The molecule has 0 fully saturated rings. The van der Waals surface area contributed by atoms with E-state index in [1.54, 1.807) is 13.8 Å². The molecular formula is C19H21ClN2O7S. The van der Waals surface area contributed by atoms with E-state index < -0.39 is 26.8 Å². The predicted molar refractivity (Wildman–Crippen MR) is 112 cm³/mol. The van der Waals surface area contributed by atoms with Crippen molar-refractivity contribution < 1.29 is 27.6 Å². The number of halogens is 1. The van der Waals surface area contributed by atoms with Crippen LogP contribution in [0.2, 0.25) is 5.02 Å². The number of hydrogen-bond acceptors (Lipinski definition) is 8. The zero-order chi connectivity index (χ0) is 22.6. The topological polar surface area (TPSA) is 125 Å². The summed E-state index contributed by atoms with van der Waals surface area (Å²) in [5, 5.41) is 14.2. The highest BCUT2D eigenvalue weighted by Crippen LogP contribution is 2.35. The molecule has 9 nitrogen and oxygen atoms in total. The number of anilines is 1. The smallest absolute Gasteiger partial charge is 0.328 e. The first-order valence-electron chi connectivity index (χ1n) is 8.81. The van der Waals surface area contributed by atoms with Gasteiger partial charge in [-0.05, 0) is 45.0 Å². The first-order valence-corrected chi connectivity index (χ1v) is 11.1. The van der Waals surface area contributed by atoms with E-state index in [0.29, 0.717) is 0 Å². The molecule has 2 aromatic carbocycles. The van der Waals surface area contributed by atoms with Gasteiger partial charge in [0.15, 0.2) is 9.84 Å². The molecule has 0 aromatic heterocycles. The van der Waals surface area contributed by atoms with Crippen molar-refractivity contribution in [2.45, 2.75) is 37.8 Å². The van der Waals surface area contributed by atoms with Gasteiger partial charge in [0.1, 0.15) is 23.2 Å². The number of nitro benzene ring substituents is 1. The SMILES string of the molecule is CC(C)OC(=O)C(C)Nc1cc(Oc2ccc(S(C)(=O)=O)cc2Cl)ccc1[N+](=O)[O-]. The van der Waals surface area contributed by atoms with Crippen molar-refractivity contribution in [1.82, 2.24) is 0 Å². The van der Waals surface area contributed by atoms with Gasteiger partial charge in [0, 0.05) is 18.4 Å². The molecule has 0 aliphatic heterocycles. The van der Waals surface area contributed by atoms with Crippen LogP contribution in [-0.4, -0.2) is 37.7 Å². The fraction of sp³-hybridized carbons (Fsp3) is 0.316. The Hall–Kier alpha value is -2.85. The van der Waals surface area contributed by atoms with Crippen LogP contribution in [0.4, 0.5) is 11.4 Å². The summed E-state index contributed by atoms with van der Waals surface area (Å²) < 4.78 is 34.0. The highest BCUT2D eigenvalue weighted by molar-refractivity contribution is 7.90. The molecule has 2 rings (SSSR count). The summed E-state index contributed by atoms with van der Waals surface area (Å²) in [6.45, 7) is 4.91. The minimum atomic E-state index is -3.44. The maximum atomic E-state index is 12.0. The molecule has 30 heavy (non-hydrogen) atoms. The lowest BCUT2D eigenvalue weighted by Gasteiger charge is -2.17. The van der Waals surface area contributed by atoms with E-state index >= 15 is 0 Å². The molecule has 0 heterocycles. The molecular weight excluding hydrogens is 436 g/mol. The lowest BCUT2D eigenvalue weighted by Crippen LogP contribution is -2.30. The number of nitrogens with zero attached hydrogens (tertiary/aromatic N) is 1. The highest BCUT2D eigenvalue weighted by Gasteiger charge is 2.22. The van der Waals surface area contributed by atoms with Crippen LogP contribution in [0.5, 0.6) is 11.5 Å². The van der Waals surface area contributed by atoms with E-state index in [-0.39, 0.29) is 38.9 Å². The van der Waals surface area contributed by atoms with Gasteiger partial charge >= 0.3 is 5.97 Å². The minimum absolute atomic E-state index is 0.0309. The van der Waals surface area contributed by atoms with E-state index in [4.69, 9.17) is 21.1 Å². The van der Waals surface area contributed by atoms with Crippen molar-refractivity contribution in [2.24, 2.45) is 0 Å². The van der Waals surface area contributed by atoms with Crippen molar-refractivity contribution in [2.75, 3.05) is 11.6 Å². The predicted octanol–water partition coefficient (Wildman–Crippen LogP) is 4.20. The van der Waals surface area contributed by atoms with Crippen LogP contribution in [0.25, 0.3) is 0 Å². The fourth-order valence-corrected chi connectivity index (χ4v) is 3.33. The van der Waals surface area contributed by atoms with Crippen LogP contribution < -0.4 is 10.1 Å². The molecule has 0 radical (unpaired) electrons. The highest BCUT2D eigenvalue weighted by atomic mass is 35.5. The molecule has 0 spiro atoms. The molecule has 1 unspecified atom stereocenters. The van der Waals surface area contributed by atoms with Crippen molar-refractivity contribution in [3.63, 3.8) is 0 Å². The van der Waals surface area contributed by atoms with E-state index in [1.807, 2.05) is 0 Å². The quantitative estimate of drug-likeness (QED) is 0.356. The van der Waals surface area contributed by atoms with Gasteiger partial charge < -0.3 is 14.8 Å². The van der Waals surface area contributed by atoms with E-state index in [9.17, 15) is 23.3 Å². The van der Waals surface area contributed by atoms with Gasteiger partial charge in [0.05, 0.1) is 20.9 Å². The third-order valence-electron chi connectivity index (χ3n) is 3.80. The fourth-order valence-electron chi connectivity index (χ4n) is 2.40. The van der Waals surface area contributed by atoms with Crippen LogP contribution in [0, 0.1) is 10.1 Å².